The van der Waals surface area contributed by atoms with Crippen molar-refractivity contribution in [2.24, 2.45) is 0 Å². The maximum atomic E-state index is 14.7. The minimum atomic E-state index is -4.23. The second-order valence-corrected chi connectivity index (χ2v) is 13.4. The van der Waals surface area contributed by atoms with Crippen LogP contribution in [0.15, 0.2) is 120 Å². The van der Waals surface area contributed by atoms with Gasteiger partial charge in [0.2, 0.25) is 15.9 Å². The highest BCUT2D eigenvalue weighted by Crippen LogP contribution is 2.46. The van der Waals surface area contributed by atoms with Gasteiger partial charge in [-0.25, -0.2) is 13.2 Å². The van der Waals surface area contributed by atoms with Crippen LogP contribution in [0.25, 0.3) is 0 Å². The summed E-state index contributed by atoms with van der Waals surface area (Å²) < 4.78 is 35.9. The molecule has 1 N–H and O–H groups in total. The molecule has 0 saturated heterocycles. The molecule has 232 valence electrons. The highest BCUT2D eigenvalue weighted by molar-refractivity contribution is 7.89. The molecule has 0 bridgehead atoms. The number of sulfonamides is 1. The van der Waals surface area contributed by atoms with E-state index in [0.717, 1.165) is 5.56 Å². The monoisotopic (exact) mass is 662 g/mol. The summed E-state index contributed by atoms with van der Waals surface area (Å²) in [6.07, 6.45) is 2.11. The Morgan fingerprint density at radius 1 is 0.889 bits per heavy atom. The lowest BCUT2D eigenvalue weighted by Crippen LogP contribution is -2.48. The van der Waals surface area contributed by atoms with Crippen LogP contribution in [0.3, 0.4) is 0 Å². The number of ether oxygens (including phenoxy) is 1. The van der Waals surface area contributed by atoms with Crippen LogP contribution < -0.4 is 5.32 Å². The van der Waals surface area contributed by atoms with E-state index in [4.69, 9.17) is 27.9 Å². The van der Waals surface area contributed by atoms with Crippen LogP contribution in [0.2, 0.25) is 10.0 Å². The fourth-order valence-electron chi connectivity index (χ4n) is 5.65. The van der Waals surface area contributed by atoms with Crippen LogP contribution in [0.4, 0.5) is 0 Å². The van der Waals surface area contributed by atoms with Crippen LogP contribution in [0.1, 0.15) is 40.8 Å². The van der Waals surface area contributed by atoms with Gasteiger partial charge < -0.3 is 10.1 Å². The fraction of sp³-hybridized carbons (Fsp3) is 0.200. The van der Waals surface area contributed by atoms with E-state index in [1.807, 2.05) is 30.3 Å². The number of hydrogen-bond acceptors (Lipinski definition) is 5. The Balaban J connectivity index is 1.66. The molecule has 0 spiro atoms. The Labute approximate surface area is 273 Å². The Morgan fingerprint density at radius 2 is 1.58 bits per heavy atom. The lowest BCUT2D eigenvalue weighted by molar-refractivity contribution is -0.144. The first kappa shape index (κ1) is 32.4. The Hall–Kier alpha value is -3.95. The third-order valence-corrected chi connectivity index (χ3v) is 10.3. The first-order valence-corrected chi connectivity index (χ1v) is 16.5. The van der Waals surface area contributed by atoms with Gasteiger partial charge in [0.1, 0.15) is 6.04 Å². The number of esters is 1. The number of aryl methyl sites for hydroxylation is 1. The first-order valence-electron chi connectivity index (χ1n) is 14.3. The topological polar surface area (TPSA) is 92.8 Å². The molecule has 0 saturated carbocycles. The normalized spacial score (nSPS) is 17.6. The summed E-state index contributed by atoms with van der Waals surface area (Å²) in [7, 11) is -2.97. The van der Waals surface area contributed by atoms with Crippen molar-refractivity contribution in [3.05, 3.63) is 147 Å². The molecule has 45 heavy (non-hydrogen) atoms. The SMILES string of the molecule is COC(=O)[C@H](Cc1ccccc1)NC(=O)C1=CC[C@@H](c2ccc(Cl)cc2)N(S(=O)(=O)c2ccccc2C)C1c1cccc(Cl)c1. The number of carbonyl (C=O) groups is 2. The molecule has 0 aliphatic carbocycles. The number of halogens is 2. The van der Waals surface area contributed by atoms with E-state index in [0.29, 0.717) is 26.7 Å². The number of nitrogens with one attached hydrogen (secondary N) is 1. The van der Waals surface area contributed by atoms with Crippen LogP contribution >= 0.6 is 23.2 Å². The predicted molar refractivity (Wildman–Crippen MR) is 175 cm³/mol. The second-order valence-electron chi connectivity index (χ2n) is 10.8. The molecule has 1 amide bonds. The minimum Gasteiger partial charge on any atom is -0.467 e. The predicted octanol–water partition coefficient (Wildman–Crippen LogP) is 7.01. The van der Waals surface area contributed by atoms with Crippen LogP contribution in [0.5, 0.6) is 0 Å². The molecule has 7 nitrogen and oxygen atoms in total. The van der Waals surface area contributed by atoms with Crippen molar-refractivity contribution in [3.8, 4) is 0 Å². The van der Waals surface area contributed by atoms with Crippen molar-refractivity contribution >= 4 is 45.1 Å². The Bertz CT molecular complexity index is 1830. The summed E-state index contributed by atoms with van der Waals surface area (Å²) in [5, 5.41) is 3.72. The van der Waals surface area contributed by atoms with Gasteiger partial charge in [0.15, 0.2) is 0 Å². The third kappa shape index (κ3) is 7.15. The summed E-state index contributed by atoms with van der Waals surface area (Å²) in [6, 6.07) is 27.0. The number of methoxy groups -OCH3 is 1. The summed E-state index contributed by atoms with van der Waals surface area (Å²) in [5.41, 5.74) is 2.75. The molecule has 1 aliphatic heterocycles. The molecule has 0 radical (unpaired) electrons. The van der Waals surface area contributed by atoms with Gasteiger partial charge in [-0.15, -0.1) is 0 Å². The van der Waals surface area contributed by atoms with Crippen molar-refractivity contribution in [1.82, 2.24) is 9.62 Å². The van der Waals surface area contributed by atoms with E-state index >= 15 is 0 Å². The van der Waals surface area contributed by atoms with Gasteiger partial charge in [-0.1, -0.05) is 102 Å². The Morgan fingerprint density at radius 3 is 2.24 bits per heavy atom. The van der Waals surface area contributed by atoms with Crippen molar-refractivity contribution in [3.63, 3.8) is 0 Å². The van der Waals surface area contributed by atoms with E-state index in [1.165, 1.54) is 11.4 Å². The number of nitrogens with zero attached hydrogens (tertiary/aromatic N) is 1. The molecule has 1 aliphatic rings. The molecular formula is C35H32Cl2N2O5S. The van der Waals surface area contributed by atoms with E-state index < -0.39 is 40.0 Å². The average molecular weight is 664 g/mol. The van der Waals surface area contributed by atoms with Gasteiger partial charge in [-0.2, -0.15) is 4.31 Å². The summed E-state index contributed by atoms with van der Waals surface area (Å²) >= 11 is 12.6. The van der Waals surface area contributed by atoms with E-state index in [2.05, 4.69) is 5.32 Å². The standard InChI is InChI=1S/C35H32Cl2N2O5S/c1-23-9-6-7-14-32(23)45(42,43)39-31(25-15-17-27(36)18-16-25)20-19-29(33(39)26-12-8-13-28(37)22-26)34(40)38-30(35(41)44-2)21-24-10-4-3-5-11-24/h3-19,22,30-31,33H,20-21H2,1-2H3,(H,38,40)/t30-,31-,33?/m0/s1. The van der Waals surface area contributed by atoms with E-state index in [9.17, 15) is 18.0 Å². The average Bonchev–Trinajstić information content (AvgIpc) is 3.04. The van der Waals surface area contributed by atoms with Crippen molar-refractivity contribution in [1.29, 1.82) is 0 Å². The second kappa shape index (κ2) is 14.0. The van der Waals surface area contributed by atoms with Gasteiger partial charge in [-0.05, 0) is 65.9 Å². The quantitative estimate of drug-likeness (QED) is 0.195. The summed E-state index contributed by atoms with van der Waals surface area (Å²) in [5.74, 6) is -1.21. The third-order valence-electron chi connectivity index (χ3n) is 7.82. The first-order chi connectivity index (χ1) is 21.6. The van der Waals surface area contributed by atoms with Crippen LogP contribution in [0, 0.1) is 6.92 Å². The largest absolute Gasteiger partial charge is 0.467 e. The molecule has 0 aromatic heterocycles. The molecule has 4 aromatic rings. The van der Waals surface area contributed by atoms with Crippen molar-refractivity contribution in [2.45, 2.75) is 42.8 Å². The summed E-state index contributed by atoms with van der Waals surface area (Å²) in [6.45, 7) is 1.73. The highest BCUT2D eigenvalue weighted by atomic mass is 35.5. The van der Waals surface area contributed by atoms with Gasteiger partial charge in [0.05, 0.1) is 24.1 Å². The van der Waals surface area contributed by atoms with Gasteiger partial charge in [-0.3, -0.25) is 4.79 Å². The molecular weight excluding hydrogens is 631 g/mol. The molecule has 1 unspecified atom stereocenters. The smallest absolute Gasteiger partial charge is 0.328 e. The molecule has 1 heterocycles. The molecule has 0 fully saturated rings. The molecule has 5 rings (SSSR count). The number of amides is 1. The molecule has 4 aromatic carbocycles. The molecule has 10 heteroatoms. The highest BCUT2D eigenvalue weighted by Gasteiger charge is 2.45. The number of benzene rings is 4. The maximum absolute atomic E-state index is 14.7. The van der Waals surface area contributed by atoms with Gasteiger partial charge in [0.25, 0.3) is 0 Å². The van der Waals surface area contributed by atoms with Crippen LogP contribution in [-0.2, 0) is 30.8 Å². The number of carbonyl (C=O) groups excluding carboxylic acids is 2. The van der Waals surface area contributed by atoms with E-state index in [1.54, 1.807) is 85.8 Å². The lowest BCUT2D eigenvalue weighted by atomic mass is 9.88. The van der Waals surface area contributed by atoms with Gasteiger partial charge in [0, 0.05) is 22.0 Å². The van der Waals surface area contributed by atoms with Gasteiger partial charge >= 0.3 is 5.97 Å². The fourth-order valence-corrected chi connectivity index (χ4v) is 7.98. The zero-order valence-corrected chi connectivity index (χ0v) is 27.0. The Kier molecular flexibility index (Phi) is 10.1. The lowest BCUT2D eigenvalue weighted by Gasteiger charge is -2.41. The van der Waals surface area contributed by atoms with Crippen LogP contribution in [-0.4, -0.2) is 37.8 Å². The maximum Gasteiger partial charge on any atom is 0.328 e. The number of rotatable bonds is 9. The number of hydrogen-bond donors (Lipinski definition) is 1. The summed E-state index contributed by atoms with van der Waals surface area (Å²) in [4.78, 5) is 27.2. The van der Waals surface area contributed by atoms with Crippen molar-refractivity contribution in [2.75, 3.05) is 7.11 Å². The van der Waals surface area contributed by atoms with Crippen molar-refractivity contribution < 1.29 is 22.7 Å². The molecule has 3 atom stereocenters. The zero-order chi connectivity index (χ0) is 32.1. The minimum absolute atomic E-state index is 0.120. The van der Waals surface area contributed by atoms with E-state index in [-0.39, 0.29) is 23.3 Å². The zero-order valence-electron chi connectivity index (χ0n) is 24.7.